The molecule has 3 rings (SSSR count). The first-order chi connectivity index (χ1) is 9.72. The van der Waals surface area contributed by atoms with Gasteiger partial charge in [-0.3, -0.25) is 9.78 Å². The molecule has 0 radical (unpaired) electrons. The standard InChI is InChI=1S/C14H15N5O/c15-14-17-8-11-3-5-19(9-12(11)18-14)13(20)6-10-2-1-4-16-7-10/h1-2,4,7-8H,3,5-6,9H2,(H2,15,17,18). The Bertz CT molecular complexity index is 629. The van der Waals surface area contributed by atoms with E-state index in [-0.39, 0.29) is 11.9 Å². The molecule has 1 amide bonds. The number of nitrogens with two attached hydrogens (primary N) is 1. The lowest BCUT2D eigenvalue weighted by atomic mass is 10.1. The molecule has 0 saturated carbocycles. The molecule has 2 N–H and O–H groups in total. The number of aromatic nitrogens is 3. The zero-order chi connectivity index (χ0) is 13.9. The van der Waals surface area contributed by atoms with Gasteiger partial charge in [0.25, 0.3) is 0 Å². The predicted octanol–water partition coefficient (Wildman–Crippen LogP) is 0.581. The Labute approximate surface area is 116 Å². The Hall–Kier alpha value is -2.50. The predicted molar refractivity (Wildman–Crippen MR) is 73.5 cm³/mol. The molecule has 20 heavy (non-hydrogen) atoms. The van der Waals surface area contributed by atoms with E-state index >= 15 is 0 Å². The van der Waals surface area contributed by atoms with Crippen molar-refractivity contribution in [2.45, 2.75) is 19.4 Å². The van der Waals surface area contributed by atoms with E-state index in [0.29, 0.717) is 19.5 Å². The van der Waals surface area contributed by atoms with Crippen LogP contribution in [0.3, 0.4) is 0 Å². The van der Waals surface area contributed by atoms with Gasteiger partial charge < -0.3 is 10.6 Å². The number of fused-ring (bicyclic) bond motifs is 1. The topological polar surface area (TPSA) is 85.0 Å². The van der Waals surface area contributed by atoms with Gasteiger partial charge in [-0.15, -0.1) is 0 Å². The number of anilines is 1. The minimum Gasteiger partial charge on any atom is -0.368 e. The molecule has 2 aromatic rings. The summed E-state index contributed by atoms with van der Waals surface area (Å²) in [6.45, 7) is 1.19. The molecule has 0 aliphatic carbocycles. The largest absolute Gasteiger partial charge is 0.368 e. The molecule has 0 bridgehead atoms. The summed E-state index contributed by atoms with van der Waals surface area (Å²) in [5.74, 6) is 0.339. The maximum Gasteiger partial charge on any atom is 0.227 e. The summed E-state index contributed by atoms with van der Waals surface area (Å²) >= 11 is 0. The molecule has 6 nitrogen and oxygen atoms in total. The Balaban J connectivity index is 1.72. The van der Waals surface area contributed by atoms with Crippen molar-refractivity contribution in [2.75, 3.05) is 12.3 Å². The fourth-order valence-electron chi connectivity index (χ4n) is 2.32. The van der Waals surface area contributed by atoms with Crippen LogP contribution >= 0.6 is 0 Å². The van der Waals surface area contributed by atoms with Gasteiger partial charge in [0.15, 0.2) is 0 Å². The summed E-state index contributed by atoms with van der Waals surface area (Å²) in [6, 6.07) is 3.74. The van der Waals surface area contributed by atoms with Gasteiger partial charge in [0.1, 0.15) is 0 Å². The second-order valence-electron chi connectivity index (χ2n) is 4.80. The number of hydrogen-bond acceptors (Lipinski definition) is 5. The van der Waals surface area contributed by atoms with Crippen LogP contribution in [0.5, 0.6) is 0 Å². The highest BCUT2D eigenvalue weighted by Gasteiger charge is 2.22. The molecule has 3 heterocycles. The Morgan fingerprint density at radius 2 is 2.30 bits per heavy atom. The highest BCUT2D eigenvalue weighted by Crippen LogP contribution is 2.17. The number of amides is 1. The van der Waals surface area contributed by atoms with Crippen molar-refractivity contribution in [2.24, 2.45) is 0 Å². The maximum absolute atomic E-state index is 12.3. The van der Waals surface area contributed by atoms with Gasteiger partial charge in [0, 0.05) is 25.1 Å². The van der Waals surface area contributed by atoms with Crippen molar-refractivity contribution in [3.05, 3.63) is 47.5 Å². The first kappa shape index (κ1) is 12.5. The Morgan fingerprint density at radius 1 is 1.40 bits per heavy atom. The minimum atomic E-state index is 0.0841. The van der Waals surface area contributed by atoms with E-state index in [1.54, 1.807) is 18.6 Å². The van der Waals surface area contributed by atoms with Gasteiger partial charge in [0.05, 0.1) is 18.7 Å². The average Bonchev–Trinajstić information content (AvgIpc) is 2.47. The first-order valence-electron chi connectivity index (χ1n) is 6.49. The number of carbonyl (C=O) groups excluding carboxylic acids is 1. The van der Waals surface area contributed by atoms with Gasteiger partial charge in [-0.2, -0.15) is 0 Å². The quantitative estimate of drug-likeness (QED) is 0.862. The summed E-state index contributed by atoms with van der Waals surface area (Å²) in [5.41, 5.74) is 8.44. The molecule has 0 atom stereocenters. The van der Waals surface area contributed by atoms with Crippen molar-refractivity contribution in [1.82, 2.24) is 19.9 Å². The molecule has 1 aliphatic rings. The number of hydrogen-bond donors (Lipinski definition) is 1. The van der Waals surface area contributed by atoms with E-state index in [9.17, 15) is 4.79 Å². The molecule has 0 spiro atoms. The average molecular weight is 269 g/mol. The second kappa shape index (κ2) is 5.24. The third-order valence-electron chi connectivity index (χ3n) is 3.40. The summed E-state index contributed by atoms with van der Waals surface area (Å²) in [4.78, 5) is 26.3. The molecule has 0 fully saturated rings. The smallest absolute Gasteiger partial charge is 0.227 e. The van der Waals surface area contributed by atoms with Crippen LogP contribution in [-0.2, 0) is 24.2 Å². The fraction of sp³-hybridized carbons (Fsp3) is 0.286. The van der Waals surface area contributed by atoms with E-state index in [1.807, 2.05) is 17.0 Å². The lowest BCUT2D eigenvalue weighted by Crippen LogP contribution is -2.37. The van der Waals surface area contributed by atoms with Crippen LogP contribution in [-0.4, -0.2) is 32.3 Å². The van der Waals surface area contributed by atoms with Gasteiger partial charge in [-0.05, 0) is 23.6 Å². The van der Waals surface area contributed by atoms with E-state index in [2.05, 4.69) is 15.0 Å². The second-order valence-corrected chi connectivity index (χ2v) is 4.80. The van der Waals surface area contributed by atoms with Crippen molar-refractivity contribution in [1.29, 1.82) is 0 Å². The van der Waals surface area contributed by atoms with Gasteiger partial charge in [-0.1, -0.05) is 6.07 Å². The molecule has 2 aromatic heterocycles. The van der Waals surface area contributed by atoms with E-state index in [4.69, 9.17) is 5.73 Å². The van der Waals surface area contributed by atoms with E-state index in [1.165, 1.54) is 0 Å². The van der Waals surface area contributed by atoms with Crippen molar-refractivity contribution < 1.29 is 4.79 Å². The van der Waals surface area contributed by atoms with Gasteiger partial charge >= 0.3 is 0 Å². The molecular weight excluding hydrogens is 254 g/mol. The van der Waals surface area contributed by atoms with Gasteiger partial charge in [0.2, 0.25) is 11.9 Å². The Kier molecular flexibility index (Phi) is 3.28. The van der Waals surface area contributed by atoms with Crippen LogP contribution in [0.25, 0.3) is 0 Å². The molecule has 102 valence electrons. The SMILES string of the molecule is Nc1ncc2c(n1)CN(C(=O)Cc1cccnc1)CC2. The molecule has 0 unspecified atom stereocenters. The zero-order valence-electron chi connectivity index (χ0n) is 11.0. The molecule has 0 saturated heterocycles. The van der Waals surface area contributed by atoms with Crippen LogP contribution in [0.2, 0.25) is 0 Å². The summed E-state index contributed by atoms with van der Waals surface area (Å²) in [5, 5.41) is 0. The third-order valence-corrected chi connectivity index (χ3v) is 3.40. The van der Waals surface area contributed by atoms with E-state index in [0.717, 1.165) is 23.2 Å². The number of carbonyl (C=O) groups is 1. The summed E-state index contributed by atoms with van der Waals surface area (Å²) in [7, 11) is 0. The van der Waals surface area contributed by atoms with Crippen molar-refractivity contribution >= 4 is 11.9 Å². The Morgan fingerprint density at radius 3 is 3.10 bits per heavy atom. The van der Waals surface area contributed by atoms with Crippen molar-refractivity contribution in [3.8, 4) is 0 Å². The molecule has 6 heteroatoms. The highest BCUT2D eigenvalue weighted by atomic mass is 16.2. The summed E-state index contributed by atoms with van der Waals surface area (Å²) in [6.07, 6.45) is 6.31. The normalized spacial score (nSPS) is 13.9. The van der Waals surface area contributed by atoms with Crippen LogP contribution in [0.1, 0.15) is 16.8 Å². The highest BCUT2D eigenvalue weighted by molar-refractivity contribution is 5.78. The monoisotopic (exact) mass is 269 g/mol. The lowest BCUT2D eigenvalue weighted by Gasteiger charge is -2.28. The maximum atomic E-state index is 12.3. The molecular formula is C14H15N5O. The van der Waals surface area contributed by atoms with Crippen LogP contribution in [0, 0.1) is 0 Å². The lowest BCUT2D eigenvalue weighted by molar-refractivity contribution is -0.131. The van der Waals surface area contributed by atoms with Crippen molar-refractivity contribution in [3.63, 3.8) is 0 Å². The third kappa shape index (κ3) is 2.59. The van der Waals surface area contributed by atoms with Crippen LogP contribution in [0.15, 0.2) is 30.7 Å². The minimum absolute atomic E-state index is 0.0841. The first-order valence-corrected chi connectivity index (χ1v) is 6.49. The molecule has 1 aliphatic heterocycles. The van der Waals surface area contributed by atoms with Crippen LogP contribution in [0.4, 0.5) is 5.95 Å². The number of rotatable bonds is 2. The zero-order valence-corrected chi connectivity index (χ0v) is 11.0. The molecule has 0 aromatic carbocycles. The summed E-state index contributed by atoms with van der Waals surface area (Å²) < 4.78 is 0. The van der Waals surface area contributed by atoms with Crippen LogP contribution < -0.4 is 5.73 Å². The van der Waals surface area contributed by atoms with Gasteiger partial charge in [-0.25, -0.2) is 9.97 Å². The number of pyridine rings is 1. The number of nitrogens with zero attached hydrogens (tertiary/aromatic N) is 4. The number of nitrogen functional groups attached to an aromatic ring is 1. The fourth-order valence-corrected chi connectivity index (χ4v) is 2.32. The van der Waals surface area contributed by atoms with E-state index < -0.39 is 0 Å².